The van der Waals surface area contributed by atoms with Gasteiger partial charge < -0.3 is 10.5 Å². The van der Waals surface area contributed by atoms with E-state index in [-0.39, 0.29) is 10.3 Å². The van der Waals surface area contributed by atoms with Crippen LogP contribution in [0.1, 0.15) is 59.4 Å². The van der Waals surface area contributed by atoms with Gasteiger partial charge in [-0.1, -0.05) is 75.4 Å². The smallest absolute Gasteiger partial charge is 0.416 e. The third-order valence-corrected chi connectivity index (χ3v) is 8.59. The molecule has 0 saturated heterocycles. The molecule has 1 aliphatic heterocycles. The van der Waals surface area contributed by atoms with Gasteiger partial charge in [0.2, 0.25) is 5.91 Å². The van der Waals surface area contributed by atoms with Crippen molar-refractivity contribution < 1.29 is 27.5 Å². The Bertz CT molecular complexity index is 1680. The molecule has 1 unspecified atom stereocenters. The summed E-state index contributed by atoms with van der Waals surface area (Å²) in [6, 6.07) is 24.0. The molecule has 228 valence electrons. The number of ether oxygens (including phenoxy) is 1. The molecule has 0 aromatic heterocycles. The Labute approximate surface area is 259 Å². The molecule has 4 aromatic carbocycles. The molecule has 9 heteroatoms. The van der Waals surface area contributed by atoms with Gasteiger partial charge in [0.1, 0.15) is 11.8 Å². The Kier molecular flexibility index (Phi) is 8.90. The van der Waals surface area contributed by atoms with E-state index in [0.29, 0.717) is 36.4 Å². The zero-order valence-electron chi connectivity index (χ0n) is 24.7. The van der Waals surface area contributed by atoms with Crippen LogP contribution in [0.25, 0.3) is 11.1 Å². The monoisotopic (exact) mass is 618 g/mol. The number of fused-ring (bicyclic) bond motifs is 1. The van der Waals surface area contributed by atoms with Crippen LogP contribution < -0.4 is 10.5 Å². The van der Waals surface area contributed by atoms with E-state index < -0.39 is 29.7 Å². The Hall–Kier alpha value is -4.08. The van der Waals surface area contributed by atoms with Gasteiger partial charge >= 0.3 is 12.1 Å². The first-order valence-electron chi connectivity index (χ1n) is 14.2. The Morgan fingerprint density at radius 1 is 0.932 bits per heavy atom. The lowest BCUT2D eigenvalue weighted by atomic mass is 9.91. The van der Waals surface area contributed by atoms with Gasteiger partial charge in [0.15, 0.2) is 0 Å². The number of primary amides is 1. The highest BCUT2D eigenvalue weighted by Crippen LogP contribution is 2.38. The minimum Gasteiger partial charge on any atom is -0.423 e. The average molecular weight is 619 g/mol. The predicted molar refractivity (Wildman–Crippen MR) is 166 cm³/mol. The zero-order valence-corrected chi connectivity index (χ0v) is 25.5. The summed E-state index contributed by atoms with van der Waals surface area (Å²) in [6.07, 6.45) is -3.83. The topological polar surface area (TPSA) is 72.6 Å². The Balaban J connectivity index is 1.36. The van der Waals surface area contributed by atoms with E-state index in [1.165, 1.54) is 12.1 Å². The number of amides is 1. The molecule has 1 amide bonds. The van der Waals surface area contributed by atoms with E-state index >= 15 is 0 Å². The number of carbonyl (C=O) groups is 2. The third kappa shape index (κ3) is 7.17. The van der Waals surface area contributed by atoms with Crippen LogP contribution in [0.15, 0.2) is 95.9 Å². The molecule has 1 aliphatic rings. The van der Waals surface area contributed by atoms with Gasteiger partial charge in [0, 0.05) is 22.7 Å². The normalized spacial score (nSPS) is 15.5. The van der Waals surface area contributed by atoms with Crippen LogP contribution in [0.3, 0.4) is 0 Å². The van der Waals surface area contributed by atoms with Crippen molar-refractivity contribution in [2.45, 2.75) is 55.6 Å². The standard InChI is InChI=1S/C35H33F3N2O3S/c1-34(2,3)44-30-11-7-4-8-24(30)21-40-19-18-23-20-26(16-17-28(23)31(40)32(39)41)43-33(42)29-10-6-5-9-27(29)22-12-14-25(15-13-22)35(36,37)38/h4-17,20,31H,18-19,21H2,1-3H3,(H2,39,41). The number of rotatable bonds is 7. The van der Waals surface area contributed by atoms with E-state index in [1.807, 2.05) is 12.1 Å². The van der Waals surface area contributed by atoms with Crippen LogP contribution >= 0.6 is 11.8 Å². The maximum absolute atomic E-state index is 13.3. The molecule has 0 radical (unpaired) electrons. The lowest BCUT2D eigenvalue weighted by Gasteiger charge is -2.36. The maximum Gasteiger partial charge on any atom is 0.416 e. The van der Waals surface area contributed by atoms with Gasteiger partial charge in [-0.05, 0) is 70.6 Å². The molecule has 0 aliphatic carbocycles. The van der Waals surface area contributed by atoms with Crippen molar-refractivity contribution in [1.82, 2.24) is 4.90 Å². The van der Waals surface area contributed by atoms with Crippen molar-refractivity contribution in [2.24, 2.45) is 5.73 Å². The van der Waals surface area contributed by atoms with Crippen LogP contribution in [-0.4, -0.2) is 28.1 Å². The minimum atomic E-state index is -4.45. The Morgan fingerprint density at radius 3 is 2.30 bits per heavy atom. The second kappa shape index (κ2) is 12.5. The second-order valence-corrected chi connectivity index (χ2v) is 13.6. The van der Waals surface area contributed by atoms with Crippen LogP contribution in [0.2, 0.25) is 0 Å². The summed E-state index contributed by atoms with van der Waals surface area (Å²) in [7, 11) is 0. The summed E-state index contributed by atoms with van der Waals surface area (Å²) < 4.78 is 44.9. The fourth-order valence-corrected chi connectivity index (χ4v) is 6.49. The lowest BCUT2D eigenvalue weighted by Crippen LogP contribution is -2.42. The quantitative estimate of drug-likeness (QED) is 0.129. The summed E-state index contributed by atoms with van der Waals surface area (Å²) in [4.78, 5) is 29.3. The average Bonchev–Trinajstić information content (AvgIpc) is 2.96. The van der Waals surface area contributed by atoms with Gasteiger partial charge in [0.05, 0.1) is 11.1 Å². The molecule has 0 fully saturated rings. The number of thioether (sulfide) groups is 1. The van der Waals surface area contributed by atoms with E-state index in [1.54, 1.807) is 54.2 Å². The van der Waals surface area contributed by atoms with Crippen molar-refractivity contribution in [3.05, 3.63) is 119 Å². The second-order valence-electron chi connectivity index (χ2n) is 11.7. The number of carbonyl (C=O) groups excluding carboxylic acids is 2. The SMILES string of the molecule is CC(C)(C)Sc1ccccc1CN1CCc2cc(OC(=O)c3ccccc3-c3ccc(C(F)(F)F)cc3)ccc2C1C(N)=O. The molecule has 0 saturated carbocycles. The molecule has 4 aromatic rings. The maximum atomic E-state index is 13.3. The van der Waals surface area contributed by atoms with Crippen LogP contribution in [0, 0.1) is 0 Å². The first-order chi connectivity index (χ1) is 20.8. The fourth-order valence-electron chi connectivity index (χ4n) is 5.42. The number of nitrogens with zero attached hydrogens (tertiary/aromatic N) is 1. The zero-order chi connectivity index (χ0) is 31.6. The first kappa shape index (κ1) is 31.3. The summed E-state index contributed by atoms with van der Waals surface area (Å²) in [5.41, 5.74) is 9.06. The van der Waals surface area contributed by atoms with Crippen molar-refractivity contribution in [3.63, 3.8) is 0 Å². The first-order valence-corrected chi connectivity index (χ1v) is 15.0. The minimum absolute atomic E-state index is 0.0276. The number of hydrogen-bond acceptors (Lipinski definition) is 5. The highest BCUT2D eigenvalue weighted by Gasteiger charge is 2.33. The highest BCUT2D eigenvalue weighted by molar-refractivity contribution is 8.00. The number of nitrogens with two attached hydrogens (primary N) is 1. The van der Waals surface area contributed by atoms with Crippen LogP contribution in [-0.2, 0) is 23.9 Å². The largest absolute Gasteiger partial charge is 0.423 e. The van der Waals surface area contributed by atoms with Crippen molar-refractivity contribution in [3.8, 4) is 16.9 Å². The molecule has 0 bridgehead atoms. The van der Waals surface area contributed by atoms with E-state index in [0.717, 1.165) is 33.7 Å². The van der Waals surface area contributed by atoms with Crippen molar-refractivity contribution >= 4 is 23.6 Å². The molecular formula is C35H33F3N2O3S. The number of hydrogen-bond donors (Lipinski definition) is 1. The molecule has 0 spiro atoms. The summed E-state index contributed by atoms with van der Waals surface area (Å²) >= 11 is 1.78. The number of benzene rings is 4. The van der Waals surface area contributed by atoms with E-state index in [4.69, 9.17) is 10.5 Å². The van der Waals surface area contributed by atoms with E-state index in [9.17, 15) is 22.8 Å². The molecule has 5 rings (SSSR count). The number of esters is 1. The molecule has 1 heterocycles. The molecule has 2 N–H and O–H groups in total. The Morgan fingerprint density at radius 2 is 1.61 bits per heavy atom. The van der Waals surface area contributed by atoms with Gasteiger partial charge in [-0.3, -0.25) is 9.69 Å². The molecule has 1 atom stereocenters. The lowest BCUT2D eigenvalue weighted by molar-refractivity contribution is -0.137. The van der Waals surface area contributed by atoms with E-state index in [2.05, 4.69) is 37.8 Å². The summed E-state index contributed by atoms with van der Waals surface area (Å²) in [6.45, 7) is 7.63. The van der Waals surface area contributed by atoms with Gasteiger partial charge in [0.25, 0.3) is 0 Å². The molecule has 44 heavy (non-hydrogen) atoms. The number of alkyl halides is 3. The van der Waals surface area contributed by atoms with Crippen molar-refractivity contribution in [2.75, 3.05) is 6.54 Å². The summed E-state index contributed by atoms with van der Waals surface area (Å²) in [5.74, 6) is -0.793. The highest BCUT2D eigenvalue weighted by atomic mass is 32.2. The van der Waals surface area contributed by atoms with Gasteiger partial charge in [-0.25, -0.2) is 4.79 Å². The molecule has 5 nitrogen and oxygen atoms in total. The third-order valence-electron chi connectivity index (χ3n) is 7.35. The summed E-state index contributed by atoms with van der Waals surface area (Å²) in [5, 5.41) is 0. The number of halogens is 3. The van der Waals surface area contributed by atoms with Crippen molar-refractivity contribution in [1.29, 1.82) is 0 Å². The van der Waals surface area contributed by atoms with Gasteiger partial charge in [-0.15, -0.1) is 11.8 Å². The molecular weight excluding hydrogens is 585 g/mol. The van der Waals surface area contributed by atoms with Crippen LogP contribution in [0.4, 0.5) is 13.2 Å². The van der Waals surface area contributed by atoms with Gasteiger partial charge in [-0.2, -0.15) is 13.2 Å². The van der Waals surface area contributed by atoms with Crippen LogP contribution in [0.5, 0.6) is 5.75 Å². The predicted octanol–water partition coefficient (Wildman–Crippen LogP) is 8.07. The fraction of sp³-hybridized carbons (Fsp3) is 0.257.